The highest BCUT2D eigenvalue weighted by Crippen LogP contribution is 2.28. The van der Waals surface area contributed by atoms with Crippen molar-refractivity contribution in [2.24, 2.45) is 0 Å². The Hall–Kier alpha value is -3.59. The third kappa shape index (κ3) is 3.85. The fourth-order valence-corrected chi connectivity index (χ4v) is 3.15. The van der Waals surface area contributed by atoms with Crippen LogP contribution >= 0.6 is 15.9 Å². The maximum absolute atomic E-state index is 13.1. The number of nitrogens with zero attached hydrogens (tertiary/aromatic N) is 2. The molecule has 1 amide bonds. The van der Waals surface area contributed by atoms with Gasteiger partial charge < -0.3 is 9.73 Å². The SMILES string of the molecule is O=C(Nc1ccc2oc(-c3ccc(F)cc3)nc2c1)c1cc([N+](=O)[O-])ccc1Br. The van der Waals surface area contributed by atoms with E-state index in [1.54, 1.807) is 30.3 Å². The highest BCUT2D eigenvalue weighted by Gasteiger charge is 2.16. The van der Waals surface area contributed by atoms with Crippen LogP contribution in [0.3, 0.4) is 0 Å². The number of anilines is 1. The number of fused-ring (bicyclic) bond motifs is 1. The van der Waals surface area contributed by atoms with Crippen molar-refractivity contribution in [3.8, 4) is 11.5 Å². The minimum Gasteiger partial charge on any atom is -0.436 e. The normalized spacial score (nSPS) is 10.8. The quantitative estimate of drug-likeness (QED) is 0.321. The third-order valence-electron chi connectivity index (χ3n) is 4.14. The Morgan fingerprint density at radius 2 is 1.86 bits per heavy atom. The summed E-state index contributed by atoms with van der Waals surface area (Å²) in [5.41, 5.74) is 2.01. The van der Waals surface area contributed by atoms with E-state index in [0.29, 0.717) is 32.7 Å². The van der Waals surface area contributed by atoms with E-state index in [9.17, 15) is 19.3 Å². The number of nitro groups is 1. The van der Waals surface area contributed by atoms with Crippen LogP contribution in [0.4, 0.5) is 15.8 Å². The summed E-state index contributed by atoms with van der Waals surface area (Å²) in [6.45, 7) is 0. The van der Waals surface area contributed by atoms with Gasteiger partial charge in [0.1, 0.15) is 11.3 Å². The number of halogens is 2. The van der Waals surface area contributed by atoms with E-state index in [1.807, 2.05) is 0 Å². The molecule has 0 aliphatic carbocycles. The van der Waals surface area contributed by atoms with Gasteiger partial charge in [-0.1, -0.05) is 0 Å². The maximum Gasteiger partial charge on any atom is 0.270 e. The minimum absolute atomic E-state index is 0.131. The molecule has 3 aromatic carbocycles. The number of carbonyl (C=O) groups excluding carboxylic acids is 1. The average Bonchev–Trinajstić information content (AvgIpc) is 3.12. The Bertz CT molecular complexity index is 1250. The molecule has 0 aliphatic rings. The second kappa shape index (κ2) is 7.44. The standard InChI is InChI=1S/C20H11BrFN3O4/c21-16-7-6-14(25(27)28)10-15(16)19(26)23-13-5-8-18-17(9-13)24-20(29-18)11-1-3-12(22)4-2-11/h1-10H,(H,23,26). The summed E-state index contributed by atoms with van der Waals surface area (Å²) in [6, 6.07) is 14.6. The lowest BCUT2D eigenvalue weighted by molar-refractivity contribution is -0.384. The van der Waals surface area contributed by atoms with Crippen LogP contribution < -0.4 is 5.32 Å². The number of carbonyl (C=O) groups is 1. The highest BCUT2D eigenvalue weighted by molar-refractivity contribution is 9.10. The number of nitro benzene ring substituents is 1. The summed E-state index contributed by atoms with van der Waals surface area (Å²) >= 11 is 3.23. The maximum atomic E-state index is 13.1. The lowest BCUT2D eigenvalue weighted by Gasteiger charge is -2.06. The van der Waals surface area contributed by atoms with Crippen molar-refractivity contribution in [1.82, 2.24) is 4.98 Å². The van der Waals surface area contributed by atoms with Crippen molar-refractivity contribution in [2.75, 3.05) is 5.32 Å². The van der Waals surface area contributed by atoms with Crippen molar-refractivity contribution in [3.63, 3.8) is 0 Å². The molecule has 0 bridgehead atoms. The van der Waals surface area contributed by atoms with Gasteiger partial charge in [0.15, 0.2) is 5.58 Å². The van der Waals surface area contributed by atoms with Gasteiger partial charge in [0, 0.05) is 27.9 Å². The molecule has 7 nitrogen and oxygen atoms in total. The van der Waals surface area contributed by atoms with Crippen LogP contribution in [0.15, 0.2) is 69.6 Å². The van der Waals surface area contributed by atoms with E-state index in [1.165, 1.54) is 30.3 Å². The van der Waals surface area contributed by atoms with E-state index in [0.717, 1.165) is 0 Å². The first-order valence-electron chi connectivity index (χ1n) is 8.32. The van der Waals surface area contributed by atoms with Gasteiger partial charge in [0.25, 0.3) is 11.6 Å². The number of non-ortho nitro benzene ring substituents is 1. The number of nitrogens with one attached hydrogen (secondary N) is 1. The molecule has 4 aromatic rings. The van der Waals surface area contributed by atoms with Crippen LogP contribution in [-0.4, -0.2) is 15.8 Å². The first kappa shape index (κ1) is 18.8. The Morgan fingerprint density at radius 1 is 1.10 bits per heavy atom. The molecule has 0 spiro atoms. The zero-order valence-corrected chi connectivity index (χ0v) is 16.1. The van der Waals surface area contributed by atoms with Gasteiger partial charge in [-0.2, -0.15) is 0 Å². The summed E-state index contributed by atoms with van der Waals surface area (Å²) in [6.07, 6.45) is 0. The van der Waals surface area contributed by atoms with Gasteiger partial charge in [-0.15, -0.1) is 0 Å². The molecule has 0 aliphatic heterocycles. The van der Waals surface area contributed by atoms with Gasteiger partial charge in [0.05, 0.1) is 10.5 Å². The number of oxazole rings is 1. The van der Waals surface area contributed by atoms with Crippen molar-refractivity contribution < 1.29 is 18.5 Å². The van der Waals surface area contributed by atoms with Crippen LogP contribution in [0, 0.1) is 15.9 Å². The number of amides is 1. The molecule has 29 heavy (non-hydrogen) atoms. The van der Waals surface area contributed by atoms with E-state index in [2.05, 4.69) is 26.2 Å². The molecule has 0 saturated carbocycles. The van der Waals surface area contributed by atoms with Crippen LogP contribution in [0.2, 0.25) is 0 Å². The van der Waals surface area contributed by atoms with Crippen molar-refractivity contribution >= 4 is 44.3 Å². The zero-order valence-electron chi connectivity index (χ0n) is 14.6. The lowest BCUT2D eigenvalue weighted by atomic mass is 10.2. The Morgan fingerprint density at radius 3 is 2.59 bits per heavy atom. The summed E-state index contributed by atoms with van der Waals surface area (Å²) in [4.78, 5) is 27.3. The molecule has 1 aromatic heterocycles. The molecule has 9 heteroatoms. The van der Waals surface area contributed by atoms with Gasteiger partial charge in [0.2, 0.25) is 5.89 Å². The predicted molar refractivity (Wildman–Crippen MR) is 108 cm³/mol. The topological polar surface area (TPSA) is 98.3 Å². The molecule has 4 rings (SSSR count). The number of hydrogen-bond acceptors (Lipinski definition) is 5. The number of aromatic nitrogens is 1. The smallest absolute Gasteiger partial charge is 0.270 e. The van der Waals surface area contributed by atoms with Gasteiger partial charge in [-0.05, 0) is 64.5 Å². The molecule has 1 N–H and O–H groups in total. The van der Waals surface area contributed by atoms with E-state index < -0.39 is 10.8 Å². The molecular weight excluding hydrogens is 445 g/mol. The number of benzene rings is 3. The Kier molecular flexibility index (Phi) is 4.81. The average molecular weight is 456 g/mol. The van der Waals surface area contributed by atoms with Crippen molar-refractivity contribution in [2.45, 2.75) is 0 Å². The first-order valence-corrected chi connectivity index (χ1v) is 9.12. The number of hydrogen-bond donors (Lipinski definition) is 1. The van der Waals surface area contributed by atoms with E-state index in [-0.39, 0.29) is 17.1 Å². The van der Waals surface area contributed by atoms with Gasteiger partial charge in [-0.3, -0.25) is 14.9 Å². The second-order valence-corrected chi connectivity index (χ2v) is 6.94. The fraction of sp³-hybridized carbons (Fsp3) is 0. The molecule has 144 valence electrons. The predicted octanol–water partition coefficient (Wildman–Crippen LogP) is 5.56. The summed E-state index contributed by atoms with van der Waals surface area (Å²) in [5, 5.41) is 13.6. The summed E-state index contributed by atoms with van der Waals surface area (Å²) < 4.78 is 19.2. The first-order chi connectivity index (χ1) is 13.9. The summed E-state index contributed by atoms with van der Waals surface area (Å²) in [7, 11) is 0. The second-order valence-electron chi connectivity index (χ2n) is 6.08. The van der Waals surface area contributed by atoms with Crippen LogP contribution in [0.1, 0.15) is 10.4 Å². The molecule has 0 atom stereocenters. The molecule has 0 saturated heterocycles. The molecule has 0 unspecified atom stereocenters. The molecule has 1 heterocycles. The Balaban J connectivity index is 1.62. The fourth-order valence-electron chi connectivity index (χ4n) is 2.72. The van der Waals surface area contributed by atoms with Gasteiger partial charge >= 0.3 is 0 Å². The zero-order chi connectivity index (χ0) is 20.5. The molecular formula is C20H11BrFN3O4. The molecule has 0 fully saturated rings. The van der Waals surface area contributed by atoms with E-state index >= 15 is 0 Å². The van der Waals surface area contributed by atoms with Crippen LogP contribution in [0.5, 0.6) is 0 Å². The van der Waals surface area contributed by atoms with Crippen molar-refractivity contribution in [3.05, 3.63) is 86.6 Å². The van der Waals surface area contributed by atoms with Crippen molar-refractivity contribution in [1.29, 1.82) is 0 Å². The minimum atomic E-state index is -0.568. The third-order valence-corrected chi connectivity index (χ3v) is 4.83. The number of rotatable bonds is 4. The monoisotopic (exact) mass is 455 g/mol. The largest absolute Gasteiger partial charge is 0.436 e. The van der Waals surface area contributed by atoms with Crippen LogP contribution in [-0.2, 0) is 0 Å². The molecule has 0 radical (unpaired) electrons. The summed E-state index contributed by atoms with van der Waals surface area (Å²) in [5.74, 6) is -0.547. The lowest BCUT2D eigenvalue weighted by Crippen LogP contribution is -2.12. The highest BCUT2D eigenvalue weighted by atomic mass is 79.9. The Labute approximate surface area is 171 Å². The van der Waals surface area contributed by atoms with E-state index in [4.69, 9.17) is 4.42 Å². The van der Waals surface area contributed by atoms with Gasteiger partial charge in [-0.25, -0.2) is 9.37 Å². The van der Waals surface area contributed by atoms with Crippen LogP contribution in [0.25, 0.3) is 22.6 Å².